The van der Waals surface area contributed by atoms with Gasteiger partial charge in [-0.3, -0.25) is 0 Å². The zero-order valence-corrected chi connectivity index (χ0v) is 13.9. The summed E-state index contributed by atoms with van der Waals surface area (Å²) in [4.78, 5) is 0. The highest BCUT2D eigenvalue weighted by Crippen LogP contribution is 2.41. The fourth-order valence-corrected chi connectivity index (χ4v) is 4.33. The molecule has 1 aliphatic rings. The minimum Gasteiger partial charge on any atom is -0.325 e. The summed E-state index contributed by atoms with van der Waals surface area (Å²) in [5.74, 6) is 2.07. The van der Waals surface area contributed by atoms with Crippen LogP contribution >= 0.6 is 15.9 Å². The molecule has 3 atom stereocenters. The first kappa shape index (κ1) is 15.1. The fourth-order valence-electron chi connectivity index (χ4n) is 3.88. The maximum absolute atomic E-state index is 6.86. The van der Waals surface area contributed by atoms with Gasteiger partial charge in [0.15, 0.2) is 0 Å². The first-order valence-corrected chi connectivity index (χ1v) is 8.23. The van der Waals surface area contributed by atoms with Gasteiger partial charge in [-0.25, -0.2) is 0 Å². The number of hydrogen-bond donors (Lipinski definition) is 1. The third-order valence-corrected chi connectivity index (χ3v) is 5.16. The summed E-state index contributed by atoms with van der Waals surface area (Å²) in [6.45, 7) is 6.99. The normalized spacial score (nSPS) is 31.7. The summed E-state index contributed by atoms with van der Waals surface area (Å²) in [6.07, 6.45) is 4.77. The molecule has 0 aromatic heterocycles. The highest BCUT2D eigenvalue weighted by molar-refractivity contribution is 9.10. The van der Waals surface area contributed by atoms with E-state index in [1.165, 1.54) is 18.4 Å². The minimum absolute atomic E-state index is 0.0351. The summed E-state index contributed by atoms with van der Waals surface area (Å²) < 4.78 is 1.15. The minimum atomic E-state index is -0.0351. The van der Waals surface area contributed by atoms with Gasteiger partial charge in [0, 0.05) is 10.0 Å². The molecule has 0 amide bonds. The van der Waals surface area contributed by atoms with Crippen LogP contribution < -0.4 is 5.73 Å². The first-order chi connectivity index (χ1) is 8.90. The summed E-state index contributed by atoms with van der Waals surface area (Å²) in [5, 5.41) is 0. The van der Waals surface area contributed by atoms with Crippen LogP contribution in [0.1, 0.15) is 45.6 Å². The van der Waals surface area contributed by atoms with Crippen molar-refractivity contribution >= 4 is 15.9 Å². The summed E-state index contributed by atoms with van der Waals surface area (Å²) in [6, 6.07) is 8.61. The predicted molar refractivity (Wildman–Crippen MR) is 86.1 cm³/mol. The standard InChI is InChI=1S/C17H26BrN/c1-12(2)16-8-7-13(3)10-17(16,19)11-14-5-4-6-15(18)9-14/h4-6,9,12-13,16H,7-8,10-11,19H2,1-3H3. The Morgan fingerprint density at radius 3 is 2.74 bits per heavy atom. The summed E-state index contributed by atoms with van der Waals surface area (Å²) in [7, 11) is 0. The zero-order valence-electron chi connectivity index (χ0n) is 12.3. The molecule has 19 heavy (non-hydrogen) atoms. The van der Waals surface area contributed by atoms with Crippen molar-refractivity contribution in [3.05, 3.63) is 34.3 Å². The van der Waals surface area contributed by atoms with Gasteiger partial charge in [0.1, 0.15) is 0 Å². The lowest BCUT2D eigenvalue weighted by Gasteiger charge is -2.46. The Bertz CT molecular complexity index is 429. The van der Waals surface area contributed by atoms with Gasteiger partial charge in [-0.1, -0.05) is 55.3 Å². The average molecular weight is 324 g/mol. The van der Waals surface area contributed by atoms with Crippen molar-refractivity contribution in [1.82, 2.24) is 0 Å². The second-order valence-electron chi connectivity index (χ2n) is 6.78. The number of nitrogens with two attached hydrogens (primary N) is 1. The van der Waals surface area contributed by atoms with E-state index in [1.54, 1.807) is 0 Å². The van der Waals surface area contributed by atoms with E-state index in [9.17, 15) is 0 Å². The van der Waals surface area contributed by atoms with Crippen LogP contribution in [0.3, 0.4) is 0 Å². The van der Waals surface area contributed by atoms with Crippen LogP contribution in [0.25, 0.3) is 0 Å². The maximum atomic E-state index is 6.86. The molecule has 0 bridgehead atoms. The number of halogens is 1. The third-order valence-electron chi connectivity index (χ3n) is 4.66. The quantitative estimate of drug-likeness (QED) is 0.850. The van der Waals surface area contributed by atoms with Crippen molar-refractivity contribution in [1.29, 1.82) is 0 Å². The molecule has 1 aromatic carbocycles. The Hall–Kier alpha value is -0.340. The molecule has 0 saturated heterocycles. The van der Waals surface area contributed by atoms with E-state index in [0.717, 1.165) is 23.2 Å². The van der Waals surface area contributed by atoms with Gasteiger partial charge in [0.2, 0.25) is 0 Å². The molecule has 106 valence electrons. The van der Waals surface area contributed by atoms with Gasteiger partial charge >= 0.3 is 0 Å². The van der Waals surface area contributed by atoms with Gasteiger partial charge in [0.05, 0.1) is 0 Å². The van der Waals surface area contributed by atoms with E-state index in [1.807, 2.05) is 0 Å². The fraction of sp³-hybridized carbons (Fsp3) is 0.647. The Morgan fingerprint density at radius 2 is 2.11 bits per heavy atom. The Kier molecular flexibility index (Phi) is 4.73. The van der Waals surface area contributed by atoms with Crippen molar-refractivity contribution in [2.75, 3.05) is 0 Å². The van der Waals surface area contributed by atoms with E-state index < -0.39 is 0 Å². The largest absolute Gasteiger partial charge is 0.325 e. The lowest BCUT2D eigenvalue weighted by atomic mass is 9.63. The molecule has 0 heterocycles. The maximum Gasteiger partial charge on any atom is 0.0228 e. The molecule has 2 heteroatoms. The summed E-state index contributed by atoms with van der Waals surface area (Å²) in [5.41, 5.74) is 8.18. The van der Waals surface area contributed by atoms with Crippen molar-refractivity contribution < 1.29 is 0 Å². The van der Waals surface area contributed by atoms with E-state index in [0.29, 0.717) is 11.8 Å². The highest BCUT2D eigenvalue weighted by atomic mass is 79.9. The van der Waals surface area contributed by atoms with Crippen LogP contribution in [-0.2, 0) is 6.42 Å². The van der Waals surface area contributed by atoms with Crippen LogP contribution in [-0.4, -0.2) is 5.54 Å². The smallest absolute Gasteiger partial charge is 0.0228 e. The Morgan fingerprint density at radius 1 is 1.37 bits per heavy atom. The number of rotatable bonds is 3. The summed E-state index contributed by atoms with van der Waals surface area (Å²) >= 11 is 3.56. The van der Waals surface area contributed by atoms with Crippen molar-refractivity contribution in [2.24, 2.45) is 23.5 Å². The van der Waals surface area contributed by atoms with Gasteiger partial charge in [-0.2, -0.15) is 0 Å². The number of hydrogen-bond acceptors (Lipinski definition) is 1. The van der Waals surface area contributed by atoms with E-state index in [2.05, 4.69) is 61.0 Å². The molecule has 1 aliphatic carbocycles. The molecule has 3 unspecified atom stereocenters. The first-order valence-electron chi connectivity index (χ1n) is 7.44. The van der Waals surface area contributed by atoms with Gasteiger partial charge in [-0.15, -0.1) is 0 Å². The van der Waals surface area contributed by atoms with Gasteiger partial charge < -0.3 is 5.73 Å². The molecule has 2 N–H and O–H groups in total. The molecule has 0 radical (unpaired) electrons. The average Bonchev–Trinajstić information content (AvgIpc) is 2.27. The highest BCUT2D eigenvalue weighted by Gasteiger charge is 2.41. The molecular formula is C17H26BrN. The van der Waals surface area contributed by atoms with Crippen molar-refractivity contribution in [2.45, 2.75) is 52.0 Å². The Balaban J connectivity index is 2.21. The molecule has 0 aliphatic heterocycles. The van der Waals surface area contributed by atoms with Crippen LogP contribution in [0.2, 0.25) is 0 Å². The third kappa shape index (κ3) is 3.61. The lowest BCUT2D eigenvalue weighted by molar-refractivity contribution is 0.109. The van der Waals surface area contributed by atoms with Crippen molar-refractivity contribution in [3.8, 4) is 0 Å². The van der Waals surface area contributed by atoms with Crippen molar-refractivity contribution in [3.63, 3.8) is 0 Å². The topological polar surface area (TPSA) is 26.0 Å². The number of benzene rings is 1. The van der Waals surface area contributed by atoms with E-state index >= 15 is 0 Å². The second kappa shape index (κ2) is 5.97. The lowest BCUT2D eigenvalue weighted by Crippen LogP contribution is -2.54. The van der Waals surface area contributed by atoms with Crippen LogP contribution in [0.5, 0.6) is 0 Å². The molecule has 2 rings (SSSR count). The van der Waals surface area contributed by atoms with Crippen LogP contribution in [0, 0.1) is 17.8 Å². The van der Waals surface area contributed by atoms with Crippen LogP contribution in [0.15, 0.2) is 28.7 Å². The molecule has 1 nitrogen and oxygen atoms in total. The molecule has 1 saturated carbocycles. The monoisotopic (exact) mass is 323 g/mol. The molecule has 1 fully saturated rings. The SMILES string of the molecule is CC1CCC(C(C)C)C(N)(Cc2cccc(Br)c2)C1. The predicted octanol–water partition coefficient (Wildman–Crippen LogP) is 4.78. The zero-order chi connectivity index (χ0) is 14.0. The molecular weight excluding hydrogens is 298 g/mol. The molecule has 1 aromatic rings. The van der Waals surface area contributed by atoms with Gasteiger partial charge in [0.25, 0.3) is 0 Å². The van der Waals surface area contributed by atoms with Crippen LogP contribution in [0.4, 0.5) is 0 Å². The molecule has 0 spiro atoms. The Labute approximate surface area is 126 Å². The second-order valence-corrected chi connectivity index (χ2v) is 7.69. The van der Waals surface area contributed by atoms with E-state index in [4.69, 9.17) is 5.73 Å². The van der Waals surface area contributed by atoms with Gasteiger partial charge in [-0.05, 0) is 54.7 Å². The van der Waals surface area contributed by atoms with E-state index in [-0.39, 0.29) is 5.54 Å².